The predicted octanol–water partition coefficient (Wildman–Crippen LogP) is 3.83. The zero-order valence-corrected chi connectivity index (χ0v) is 8.95. The molecule has 1 aromatic rings. The van der Waals surface area contributed by atoms with E-state index in [0.717, 1.165) is 9.41 Å². The molecule has 0 aliphatic carbocycles. The van der Waals surface area contributed by atoms with Crippen molar-refractivity contribution in [3.63, 3.8) is 0 Å². The maximum Gasteiger partial charge on any atom is 0.0513 e. The number of hydrogen-bond acceptors (Lipinski definition) is 2. The van der Waals surface area contributed by atoms with Gasteiger partial charge in [0.05, 0.1) is 4.51 Å². The van der Waals surface area contributed by atoms with Crippen molar-refractivity contribution in [1.29, 1.82) is 0 Å². The average molecular weight is 196 g/mol. The topological polar surface area (TPSA) is 0 Å². The van der Waals surface area contributed by atoms with Crippen LogP contribution in [0, 0.1) is 4.51 Å². The summed E-state index contributed by atoms with van der Waals surface area (Å²) in [7, 11) is 0. The van der Waals surface area contributed by atoms with Gasteiger partial charge in [-0.25, -0.2) is 0 Å². The Morgan fingerprint density at radius 2 is 2.00 bits per heavy atom. The lowest BCUT2D eigenvalue weighted by Crippen LogP contribution is -1.82. The summed E-state index contributed by atoms with van der Waals surface area (Å²) in [4.78, 5) is 0.872. The lowest BCUT2D eigenvalue weighted by Gasteiger charge is -1.99. The molecule has 0 aromatic heterocycles. The number of rotatable bonds is 1. The Bertz CT molecular complexity index is 329. The molecule has 0 unspecified atom stereocenters. The molecule has 64 valence electrons. The summed E-state index contributed by atoms with van der Waals surface area (Å²) in [5.41, 5.74) is 1.26. The van der Waals surface area contributed by atoms with Crippen LogP contribution in [0.15, 0.2) is 29.2 Å². The molecule has 1 rings (SSSR count). The number of thiol groups is 1. The van der Waals surface area contributed by atoms with E-state index < -0.39 is 0 Å². The van der Waals surface area contributed by atoms with Crippen molar-refractivity contribution < 1.29 is 0 Å². The summed E-state index contributed by atoms with van der Waals surface area (Å²) in [5.74, 6) is 0.520. The zero-order chi connectivity index (χ0) is 9.14. The molecular weight excluding hydrogens is 184 g/mol. The van der Waals surface area contributed by atoms with Crippen molar-refractivity contribution in [3.05, 3.63) is 34.3 Å². The molecule has 0 aliphatic rings. The van der Waals surface area contributed by atoms with Crippen LogP contribution in [0.3, 0.4) is 0 Å². The number of hydrogen-bond donors (Lipinski definition) is 1. The van der Waals surface area contributed by atoms with Crippen LogP contribution >= 0.6 is 24.8 Å². The Morgan fingerprint density at radius 1 is 1.33 bits per heavy atom. The summed E-state index contributed by atoms with van der Waals surface area (Å²) < 4.78 is 0.826. The Kier molecular flexibility index (Phi) is 3.29. The van der Waals surface area contributed by atoms with Gasteiger partial charge < -0.3 is 0 Å². The third-order valence-corrected chi connectivity index (χ3v) is 2.64. The van der Waals surface area contributed by atoms with E-state index in [-0.39, 0.29) is 0 Å². The minimum Gasteiger partial charge on any atom is -0.142 e. The molecule has 1 aromatic carbocycles. The van der Waals surface area contributed by atoms with Gasteiger partial charge in [-0.3, -0.25) is 0 Å². The normalized spacial score (nSPS) is 10.3. The molecule has 0 bridgehead atoms. The van der Waals surface area contributed by atoms with E-state index in [9.17, 15) is 0 Å². The molecule has 0 nitrogen and oxygen atoms in total. The largest absolute Gasteiger partial charge is 0.142 e. The minimum absolute atomic E-state index is 0.520. The highest BCUT2D eigenvalue weighted by Gasteiger charge is 1.96. The summed E-state index contributed by atoms with van der Waals surface area (Å²) >= 11 is 9.41. The molecule has 0 spiro atoms. The van der Waals surface area contributed by atoms with Crippen LogP contribution in [0.25, 0.3) is 0 Å². The van der Waals surface area contributed by atoms with Gasteiger partial charge in [-0.05, 0) is 23.6 Å². The molecule has 0 N–H and O–H groups in total. The highest BCUT2D eigenvalue weighted by molar-refractivity contribution is 7.81. The second kappa shape index (κ2) is 4.06. The molecule has 0 fully saturated rings. The second-order valence-electron chi connectivity index (χ2n) is 3.07. The molecule has 2 heteroatoms. The van der Waals surface area contributed by atoms with E-state index in [1.165, 1.54) is 5.56 Å². The van der Waals surface area contributed by atoms with Gasteiger partial charge in [0.1, 0.15) is 0 Å². The average Bonchev–Trinajstić information content (AvgIpc) is 2.15. The molecule has 0 saturated heterocycles. The molecule has 0 heterocycles. The molecule has 0 atom stereocenters. The predicted molar refractivity (Wildman–Crippen MR) is 58.6 cm³/mol. The Morgan fingerprint density at radius 3 is 2.58 bits per heavy atom. The quantitative estimate of drug-likeness (QED) is 0.526. The van der Waals surface area contributed by atoms with Crippen LogP contribution < -0.4 is 0 Å². The van der Waals surface area contributed by atoms with Gasteiger partial charge in [-0.15, -0.1) is 12.6 Å². The van der Waals surface area contributed by atoms with Crippen molar-refractivity contribution in [1.82, 2.24) is 0 Å². The summed E-state index contributed by atoms with van der Waals surface area (Å²) in [6.07, 6.45) is 0. The van der Waals surface area contributed by atoms with Crippen molar-refractivity contribution in [2.24, 2.45) is 0 Å². The van der Waals surface area contributed by atoms with E-state index >= 15 is 0 Å². The fraction of sp³-hybridized carbons (Fsp3) is 0.300. The first-order valence-corrected chi connectivity index (χ1v) is 4.80. The minimum atomic E-state index is 0.520. The summed E-state index contributed by atoms with van der Waals surface area (Å²) in [5, 5.41) is 0. The monoisotopic (exact) mass is 196 g/mol. The van der Waals surface area contributed by atoms with Crippen LogP contribution in [0.5, 0.6) is 0 Å². The third-order valence-electron chi connectivity index (χ3n) is 1.76. The van der Waals surface area contributed by atoms with Crippen molar-refractivity contribution >= 4 is 24.8 Å². The molecule has 0 radical (unpaired) electrons. The molecule has 0 aliphatic heterocycles. The first kappa shape index (κ1) is 9.75. The first-order chi connectivity index (χ1) is 5.61. The zero-order valence-electron chi connectivity index (χ0n) is 7.24. The van der Waals surface area contributed by atoms with Gasteiger partial charge in [-0.2, -0.15) is 0 Å². The highest BCUT2D eigenvalue weighted by atomic mass is 32.1. The standard InChI is InChI=1S/C10H12S2/c1-7(2)8-4-3-5-9(11)10(12)6-8/h3-7H,1-2H3,(H,11,12). The van der Waals surface area contributed by atoms with Gasteiger partial charge >= 0.3 is 0 Å². The van der Waals surface area contributed by atoms with E-state index in [1.807, 2.05) is 18.2 Å². The maximum atomic E-state index is 5.15. The van der Waals surface area contributed by atoms with E-state index in [4.69, 9.17) is 12.2 Å². The summed E-state index contributed by atoms with van der Waals surface area (Å²) in [6.45, 7) is 4.31. The molecular formula is C10H12S2. The Balaban J connectivity index is 3.32. The van der Waals surface area contributed by atoms with Gasteiger partial charge in [0, 0.05) is 4.90 Å². The Hall–Kier alpha value is -0.340. The first-order valence-electron chi connectivity index (χ1n) is 3.94. The van der Waals surface area contributed by atoms with Crippen LogP contribution in [-0.4, -0.2) is 0 Å². The van der Waals surface area contributed by atoms with E-state index in [2.05, 4.69) is 32.5 Å². The third kappa shape index (κ3) is 2.32. The van der Waals surface area contributed by atoms with Gasteiger partial charge in [0.25, 0.3) is 0 Å². The van der Waals surface area contributed by atoms with Gasteiger partial charge in [0.2, 0.25) is 0 Å². The lowest BCUT2D eigenvalue weighted by molar-refractivity contribution is 0.868. The summed E-state index contributed by atoms with van der Waals surface area (Å²) in [6, 6.07) is 8.02. The van der Waals surface area contributed by atoms with Crippen LogP contribution in [-0.2, 0) is 0 Å². The van der Waals surface area contributed by atoms with E-state index in [0.29, 0.717) is 5.92 Å². The van der Waals surface area contributed by atoms with Gasteiger partial charge in [0.15, 0.2) is 0 Å². The second-order valence-corrected chi connectivity index (χ2v) is 4.00. The maximum absolute atomic E-state index is 5.15. The Labute approximate surface area is 84.1 Å². The van der Waals surface area contributed by atoms with Crippen LogP contribution in [0.2, 0.25) is 0 Å². The van der Waals surface area contributed by atoms with Crippen molar-refractivity contribution in [2.75, 3.05) is 0 Å². The van der Waals surface area contributed by atoms with Crippen LogP contribution in [0.4, 0.5) is 0 Å². The van der Waals surface area contributed by atoms with Gasteiger partial charge in [-0.1, -0.05) is 38.2 Å². The fourth-order valence-corrected chi connectivity index (χ4v) is 1.32. The smallest absolute Gasteiger partial charge is 0.0513 e. The van der Waals surface area contributed by atoms with Crippen molar-refractivity contribution in [2.45, 2.75) is 24.7 Å². The van der Waals surface area contributed by atoms with Crippen LogP contribution in [0.1, 0.15) is 25.3 Å². The fourth-order valence-electron chi connectivity index (χ4n) is 0.965. The van der Waals surface area contributed by atoms with Crippen molar-refractivity contribution in [3.8, 4) is 0 Å². The SMILES string of the molecule is CC(C)c1cccc(S)c(=S)c1. The highest BCUT2D eigenvalue weighted by Crippen LogP contribution is 2.15. The molecule has 0 saturated carbocycles. The molecule has 12 heavy (non-hydrogen) atoms. The lowest BCUT2D eigenvalue weighted by atomic mass is 10.1. The molecule has 0 amide bonds. The van der Waals surface area contributed by atoms with E-state index in [1.54, 1.807) is 0 Å².